The second-order valence-corrected chi connectivity index (χ2v) is 3.86. The van der Waals surface area contributed by atoms with Crippen LogP contribution in [0.1, 0.15) is 6.23 Å². The van der Waals surface area contributed by atoms with Gasteiger partial charge in [0, 0.05) is 20.4 Å². The van der Waals surface area contributed by atoms with Gasteiger partial charge in [0.2, 0.25) is 0 Å². The van der Waals surface area contributed by atoms with Gasteiger partial charge in [0.05, 0.1) is 0 Å². The first kappa shape index (κ1) is 13.0. The van der Waals surface area contributed by atoms with Gasteiger partial charge in [-0.15, -0.1) is 0 Å². The fourth-order valence-electron chi connectivity index (χ4n) is 1.91. The minimum atomic E-state index is -0.991. The molecule has 1 aromatic heterocycles. The lowest BCUT2D eigenvalue weighted by Crippen LogP contribution is -2.37. The van der Waals surface area contributed by atoms with Crippen molar-refractivity contribution >= 4 is 5.82 Å². The fourth-order valence-corrected chi connectivity index (χ4v) is 1.91. The Labute approximate surface area is 103 Å². The van der Waals surface area contributed by atoms with Gasteiger partial charge in [0.25, 0.3) is 0 Å². The molecule has 1 aliphatic heterocycles. The molecule has 8 heteroatoms. The Morgan fingerprint density at radius 2 is 2.22 bits per heavy atom. The molecule has 0 spiro atoms. The van der Waals surface area contributed by atoms with Crippen molar-refractivity contribution in [3.8, 4) is 0 Å². The number of hydrogen-bond donors (Lipinski definition) is 2. The van der Waals surface area contributed by atoms with Crippen LogP contribution in [0.25, 0.3) is 0 Å². The SMILES string of the molecule is COC1C(O)[C@@H](OC)O[C@H]1n1ccc(N)nc1=O. The fraction of sp³-hybridized carbons (Fsp3) is 0.600. The van der Waals surface area contributed by atoms with Crippen LogP contribution in [0, 0.1) is 0 Å². The van der Waals surface area contributed by atoms with E-state index in [-0.39, 0.29) is 5.82 Å². The third-order valence-electron chi connectivity index (χ3n) is 2.80. The minimum absolute atomic E-state index is 0.118. The molecule has 8 nitrogen and oxygen atoms in total. The van der Waals surface area contributed by atoms with Crippen LogP contribution in [-0.2, 0) is 14.2 Å². The highest BCUT2D eigenvalue weighted by Gasteiger charge is 2.45. The van der Waals surface area contributed by atoms with Gasteiger partial charge in [0.1, 0.15) is 18.0 Å². The number of nitrogen functional groups attached to an aromatic ring is 1. The molecule has 0 amide bonds. The maximum atomic E-state index is 11.7. The highest BCUT2D eigenvalue weighted by Crippen LogP contribution is 2.30. The zero-order chi connectivity index (χ0) is 13.3. The number of hydrogen-bond acceptors (Lipinski definition) is 7. The maximum Gasteiger partial charge on any atom is 0.351 e. The number of aromatic nitrogens is 2. The van der Waals surface area contributed by atoms with Crippen molar-refractivity contribution in [3.05, 3.63) is 22.7 Å². The molecular weight excluding hydrogens is 242 g/mol. The Morgan fingerprint density at radius 1 is 1.50 bits per heavy atom. The molecule has 2 rings (SSSR count). The standard InChI is InChI=1S/C10H15N3O5/c1-16-7-6(14)9(17-2)18-8(7)13-4-3-5(11)12-10(13)15/h3-4,6-9,14H,1-2H3,(H2,11,12,15)/t6?,7?,8-,9+/m1/s1. The van der Waals surface area contributed by atoms with Crippen LogP contribution in [-0.4, -0.2) is 47.4 Å². The molecule has 4 atom stereocenters. The largest absolute Gasteiger partial charge is 0.385 e. The van der Waals surface area contributed by atoms with E-state index in [2.05, 4.69) is 4.98 Å². The molecule has 0 radical (unpaired) electrons. The van der Waals surface area contributed by atoms with Crippen molar-refractivity contribution in [2.45, 2.75) is 24.7 Å². The summed E-state index contributed by atoms with van der Waals surface area (Å²) in [6.45, 7) is 0. The molecule has 1 saturated heterocycles. The smallest absolute Gasteiger partial charge is 0.351 e. The van der Waals surface area contributed by atoms with Gasteiger partial charge in [-0.05, 0) is 6.07 Å². The summed E-state index contributed by atoms with van der Waals surface area (Å²) in [6.07, 6.45) is -1.95. The van der Waals surface area contributed by atoms with Crippen molar-refractivity contribution in [1.82, 2.24) is 9.55 Å². The van der Waals surface area contributed by atoms with Crippen LogP contribution in [0.5, 0.6) is 0 Å². The average Bonchev–Trinajstić information content (AvgIpc) is 2.65. The first-order chi connectivity index (χ1) is 8.58. The van der Waals surface area contributed by atoms with Crippen LogP contribution >= 0.6 is 0 Å². The molecule has 0 aliphatic carbocycles. The molecule has 100 valence electrons. The summed E-state index contributed by atoms with van der Waals surface area (Å²) >= 11 is 0. The molecule has 0 aromatic carbocycles. The van der Waals surface area contributed by atoms with Gasteiger partial charge in [0.15, 0.2) is 12.5 Å². The predicted molar refractivity (Wildman–Crippen MR) is 60.6 cm³/mol. The Hall–Kier alpha value is -1.48. The average molecular weight is 257 g/mol. The number of ether oxygens (including phenoxy) is 3. The van der Waals surface area contributed by atoms with Gasteiger partial charge in [-0.2, -0.15) is 4.98 Å². The lowest BCUT2D eigenvalue weighted by Gasteiger charge is -2.19. The summed E-state index contributed by atoms with van der Waals surface area (Å²) in [5.74, 6) is 0.118. The Balaban J connectivity index is 2.35. The van der Waals surface area contributed by atoms with E-state index in [1.165, 1.54) is 31.0 Å². The molecule has 1 aliphatic rings. The van der Waals surface area contributed by atoms with E-state index in [1.54, 1.807) is 0 Å². The molecule has 18 heavy (non-hydrogen) atoms. The van der Waals surface area contributed by atoms with Crippen LogP contribution < -0.4 is 11.4 Å². The van der Waals surface area contributed by atoms with Crippen LogP contribution in [0.4, 0.5) is 5.82 Å². The van der Waals surface area contributed by atoms with Gasteiger partial charge in [-0.25, -0.2) is 4.79 Å². The normalized spacial score (nSPS) is 31.7. The third kappa shape index (κ3) is 2.10. The molecule has 0 bridgehead atoms. The van der Waals surface area contributed by atoms with Crippen LogP contribution in [0.15, 0.2) is 17.1 Å². The lowest BCUT2D eigenvalue weighted by molar-refractivity contribution is -0.161. The highest BCUT2D eigenvalue weighted by molar-refractivity contribution is 5.23. The molecule has 3 N–H and O–H groups in total. The number of methoxy groups -OCH3 is 2. The van der Waals surface area contributed by atoms with Gasteiger partial charge < -0.3 is 25.1 Å². The third-order valence-corrected chi connectivity index (χ3v) is 2.80. The molecule has 0 saturated carbocycles. The van der Waals surface area contributed by atoms with E-state index in [9.17, 15) is 9.90 Å². The monoisotopic (exact) mass is 257 g/mol. The number of nitrogens with two attached hydrogens (primary N) is 1. The summed E-state index contributed by atoms with van der Waals surface area (Å²) < 4.78 is 16.7. The van der Waals surface area contributed by atoms with Crippen molar-refractivity contribution < 1.29 is 19.3 Å². The van der Waals surface area contributed by atoms with Gasteiger partial charge >= 0.3 is 5.69 Å². The number of aliphatic hydroxyl groups is 1. The van der Waals surface area contributed by atoms with Gasteiger partial charge in [-0.1, -0.05) is 0 Å². The minimum Gasteiger partial charge on any atom is -0.385 e. The van der Waals surface area contributed by atoms with E-state index in [4.69, 9.17) is 19.9 Å². The highest BCUT2D eigenvalue weighted by atomic mass is 16.7. The quantitative estimate of drug-likeness (QED) is 0.692. The van der Waals surface area contributed by atoms with E-state index < -0.39 is 30.4 Å². The topological polar surface area (TPSA) is 109 Å². The van der Waals surface area contributed by atoms with E-state index in [0.29, 0.717) is 0 Å². The van der Waals surface area contributed by atoms with Gasteiger partial charge in [-0.3, -0.25) is 4.57 Å². The number of anilines is 1. The van der Waals surface area contributed by atoms with E-state index >= 15 is 0 Å². The zero-order valence-corrected chi connectivity index (χ0v) is 10.0. The van der Waals surface area contributed by atoms with Crippen molar-refractivity contribution in [2.75, 3.05) is 20.0 Å². The lowest BCUT2D eigenvalue weighted by atomic mass is 10.2. The molecule has 1 fully saturated rings. The first-order valence-corrected chi connectivity index (χ1v) is 5.32. The molecule has 1 aromatic rings. The second kappa shape index (κ2) is 5.02. The summed E-state index contributed by atoms with van der Waals surface area (Å²) in [7, 11) is 2.81. The molecular formula is C10H15N3O5. The predicted octanol–water partition coefficient (Wildman–Crippen LogP) is -1.30. The Kier molecular flexibility index (Phi) is 3.62. The summed E-state index contributed by atoms with van der Waals surface area (Å²) in [6, 6.07) is 1.46. The van der Waals surface area contributed by atoms with Crippen LogP contribution in [0.2, 0.25) is 0 Å². The maximum absolute atomic E-state index is 11.7. The van der Waals surface area contributed by atoms with Crippen molar-refractivity contribution in [2.24, 2.45) is 0 Å². The number of rotatable bonds is 3. The molecule has 2 heterocycles. The number of aliphatic hydroxyl groups excluding tert-OH is 1. The second-order valence-electron chi connectivity index (χ2n) is 3.86. The van der Waals surface area contributed by atoms with Crippen molar-refractivity contribution in [1.29, 1.82) is 0 Å². The van der Waals surface area contributed by atoms with Crippen molar-refractivity contribution in [3.63, 3.8) is 0 Å². The summed E-state index contributed by atoms with van der Waals surface area (Å²) in [5, 5.41) is 9.89. The van der Waals surface area contributed by atoms with E-state index in [0.717, 1.165) is 0 Å². The number of nitrogens with zero attached hydrogens (tertiary/aromatic N) is 2. The summed E-state index contributed by atoms with van der Waals surface area (Å²) in [5.41, 5.74) is 4.83. The zero-order valence-electron chi connectivity index (χ0n) is 10.0. The summed E-state index contributed by atoms with van der Waals surface area (Å²) in [4.78, 5) is 15.3. The van der Waals surface area contributed by atoms with Crippen LogP contribution in [0.3, 0.4) is 0 Å². The molecule has 2 unspecified atom stereocenters. The first-order valence-electron chi connectivity index (χ1n) is 5.32. The Bertz CT molecular complexity index is 477. The van der Waals surface area contributed by atoms with E-state index in [1.807, 2.05) is 0 Å². The Morgan fingerprint density at radius 3 is 2.78 bits per heavy atom.